The molecule has 0 spiro atoms. The average molecular weight is 324 g/mol. The van der Waals surface area contributed by atoms with Gasteiger partial charge in [-0.2, -0.15) is 0 Å². The van der Waals surface area contributed by atoms with Gasteiger partial charge in [-0.3, -0.25) is 9.59 Å². The molecule has 2 aromatic rings. The fourth-order valence-corrected chi connectivity index (χ4v) is 2.85. The lowest BCUT2D eigenvalue weighted by atomic mass is 9.94. The first-order valence-corrected chi connectivity index (χ1v) is 8.20. The van der Waals surface area contributed by atoms with Crippen LogP contribution in [0.3, 0.4) is 0 Å². The van der Waals surface area contributed by atoms with Crippen molar-refractivity contribution in [1.29, 1.82) is 0 Å². The second-order valence-corrected chi connectivity index (χ2v) is 5.84. The Morgan fingerprint density at radius 3 is 1.46 bits per heavy atom. The van der Waals surface area contributed by atoms with Crippen molar-refractivity contribution in [2.24, 2.45) is 0 Å². The van der Waals surface area contributed by atoms with Gasteiger partial charge in [0.15, 0.2) is 0 Å². The molecule has 0 aliphatic carbocycles. The van der Waals surface area contributed by atoms with Gasteiger partial charge in [0.1, 0.15) is 6.42 Å². The predicted molar refractivity (Wildman–Crippen MR) is 89.2 cm³/mol. The molecule has 1 heterocycles. The standard InChI is InChI=1S/C20H20O4/c1-3-14-5-9-16(10-6-14)20(23-18(21)13-19(22)24-20)17-11-7-15(4-2)8-12-17/h5-12H,3-4,13H2,1-2H3. The van der Waals surface area contributed by atoms with Gasteiger partial charge in [0.2, 0.25) is 0 Å². The Bertz CT molecular complexity index is 679. The minimum atomic E-state index is -1.51. The Morgan fingerprint density at radius 1 is 0.750 bits per heavy atom. The molecule has 0 N–H and O–H groups in total. The summed E-state index contributed by atoms with van der Waals surface area (Å²) < 4.78 is 11.2. The first-order valence-electron chi connectivity index (χ1n) is 8.20. The number of rotatable bonds is 4. The molecule has 1 fully saturated rings. The molecule has 1 saturated heterocycles. The molecule has 0 bridgehead atoms. The summed E-state index contributed by atoms with van der Waals surface area (Å²) in [5.74, 6) is -2.67. The Morgan fingerprint density at radius 2 is 1.12 bits per heavy atom. The molecule has 0 amide bonds. The SMILES string of the molecule is CCc1ccc(C2(c3ccc(CC)cc3)OC(=O)CC(=O)O2)cc1. The Labute approximate surface area is 141 Å². The molecule has 0 saturated carbocycles. The van der Waals surface area contributed by atoms with Gasteiger partial charge < -0.3 is 9.47 Å². The number of hydrogen-bond acceptors (Lipinski definition) is 4. The minimum Gasteiger partial charge on any atom is -0.413 e. The lowest BCUT2D eigenvalue weighted by Gasteiger charge is -2.36. The molecule has 2 aromatic carbocycles. The topological polar surface area (TPSA) is 52.6 Å². The molecule has 4 nitrogen and oxygen atoms in total. The van der Waals surface area contributed by atoms with E-state index >= 15 is 0 Å². The van der Waals surface area contributed by atoms with Crippen LogP contribution in [0.1, 0.15) is 42.5 Å². The normalized spacial score (nSPS) is 16.4. The van der Waals surface area contributed by atoms with Crippen LogP contribution in [0.5, 0.6) is 0 Å². The third-order valence-electron chi connectivity index (χ3n) is 4.29. The lowest BCUT2D eigenvalue weighted by molar-refractivity contribution is -0.234. The largest absolute Gasteiger partial charge is 0.413 e. The zero-order chi connectivity index (χ0) is 17.2. The number of hydrogen-bond donors (Lipinski definition) is 0. The van der Waals surface area contributed by atoms with Crippen LogP contribution in [0, 0.1) is 0 Å². The number of carbonyl (C=O) groups excluding carboxylic acids is 2. The monoisotopic (exact) mass is 324 g/mol. The van der Waals surface area contributed by atoms with Crippen LogP contribution in [-0.4, -0.2) is 11.9 Å². The third-order valence-corrected chi connectivity index (χ3v) is 4.29. The van der Waals surface area contributed by atoms with Gasteiger partial charge in [-0.15, -0.1) is 0 Å². The Hall–Kier alpha value is -2.62. The molecule has 3 rings (SSSR count). The average Bonchev–Trinajstić information content (AvgIpc) is 2.61. The second kappa shape index (κ2) is 6.48. The maximum absolute atomic E-state index is 12.0. The highest BCUT2D eigenvalue weighted by Gasteiger charge is 2.46. The van der Waals surface area contributed by atoms with E-state index in [1.807, 2.05) is 48.5 Å². The maximum atomic E-state index is 12.0. The van der Waals surface area contributed by atoms with Crippen LogP contribution in [0.15, 0.2) is 48.5 Å². The first kappa shape index (κ1) is 16.2. The number of ether oxygens (including phenoxy) is 2. The van der Waals surface area contributed by atoms with E-state index in [9.17, 15) is 9.59 Å². The summed E-state index contributed by atoms with van der Waals surface area (Å²) in [4.78, 5) is 23.9. The lowest BCUT2D eigenvalue weighted by Crippen LogP contribution is -2.43. The van der Waals surface area contributed by atoms with Crippen molar-refractivity contribution in [3.63, 3.8) is 0 Å². The van der Waals surface area contributed by atoms with Crippen LogP contribution in [0.25, 0.3) is 0 Å². The highest BCUT2D eigenvalue weighted by molar-refractivity contribution is 5.93. The third kappa shape index (κ3) is 2.92. The van der Waals surface area contributed by atoms with E-state index in [0.717, 1.165) is 24.0 Å². The van der Waals surface area contributed by atoms with E-state index in [2.05, 4.69) is 13.8 Å². The number of cyclic esters (lactones) is 2. The van der Waals surface area contributed by atoms with Gasteiger partial charge in [0, 0.05) is 11.1 Å². The summed E-state index contributed by atoms with van der Waals surface area (Å²) in [5.41, 5.74) is 3.57. The summed E-state index contributed by atoms with van der Waals surface area (Å²) >= 11 is 0. The number of benzene rings is 2. The summed E-state index contributed by atoms with van der Waals surface area (Å²) in [6.07, 6.45) is 1.44. The van der Waals surface area contributed by atoms with Crippen LogP contribution >= 0.6 is 0 Å². The van der Waals surface area contributed by atoms with Gasteiger partial charge >= 0.3 is 17.7 Å². The number of esters is 2. The van der Waals surface area contributed by atoms with Crippen molar-refractivity contribution in [3.05, 3.63) is 70.8 Å². The van der Waals surface area contributed by atoms with E-state index in [0.29, 0.717) is 11.1 Å². The van der Waals surface area contributed by atoms with Crippen molar-refractivity contribution in [2.75, 3.05) is 0 Å². The van der Waals surface area contributed by atoms with Crippen molar-refractivity contribution in [2.45, 2.75) is 38.9 Å². The van der Waals surface area contributed by atoms with Gasteiger partial charge in [0.25, 0.3) is 0 Å². The molecule has 0 radical (unpaired) electrons. The van der Waals surface area contributed by atoms with Crippen LogP contribution in [0.4, 0.5) is 0 Å². The summed E-state index contributed by atoms with van der Waals surface area (Å²) in [5, 5.41) is 0. The molecule has 1 aliphatic heterocycles. The Kier molecular flexibility index (Phi) is 4.38. The van der Waals surface area contributed by atoms with E-state index in [-0.39, 0.29) is 6.42 Å². The molecule has 0 unspecified atom stereocenters. The molecule has 0 aromatic heterocycles. The fraction of sp³-hybridized carbons (Fsp3) is 0.300. The van der Waals surface area contributed by atoms with Crippen molar-refractivity contribution in [3.8, 4) is 0 Å². The molecule has 4 heteroatoms. The van der Waals surface area contributed by atoms with Crippen molar-refractivity contribution in [1.82, 2.24) is 0 Å². The van der Waals surface area contributed by atoms with Gasteiger partial charge in [-0.25, -0.2) is 0 Å². The summed E-state index contributed by atoms with van der Waals surface area (Å²) in [6.45, 7) is 4.13. The van der Waals surface area contributed by atoms with E-state index < -0.39 is 17.7 Å². The quantitative estimate of drug-likeness (QED) is 0.638. The van der Waals surface area contributed by atoms with E-state index in [1.165, 1.54) is 0 Å². The van der Waals surface area contributed by atoms with Gasteiger partial charge in [0.05, 0.1) is 0 Å². The first-order chi connectivity index (χ1) is 11.6. The molecule has 0 atom stereocenters. The van der Waals surface area contributed by atoms with E-state index in [4.69, 9.17) is 9.47 Å². The smallest absolute Gasteiger partial charge is 0.320 e. The molecule has 124 valence electrons. The molecular formula is C20H20O4. The zero-order valence-corrected chi connectivity index (χ0v) is 13.9. The molecule has 1 aliphatic rings. The highest BCUT2D eigenvalue weighted by Crippen LogP contribution is 2.38. The van der Waals surface area contributed by atoms with Crippen LogP contribution in [-0.2, 0) is 37.7 Å². The fourth-order valence-electron chi connectivity index (χ4n) is 2.85. The maximum Gasteiger partial charge on any atom is 0.320 e. The van der Waals surface area contributed by atoms with E-state index in [1.54, 1.807) is 0 Å². The van der Waals surface area contributed by atoms with Gasteiger partial charge in [-0.1, -0.05) is 62.4 Å². The second-order valence-electron chi connectivity index (χ2n) is 5.84. The Balaban J connectivity index is 2.11. The number of carbonyl (C=O) groups is 2. The minimum absolute atomic E-state index is 0.359. The van der Waals surface area contributed by atoms with Gasteiger partial charge in [-0.05, 0) is 24.0 Å². The van der Waals surface area contributed by atoms with Crippen molar-refractivity contribution >= 4 is 11.9 Å². The van der Waals surface area contributed by atoms with Crippen LogP contribution < -0.4 is 0 Å². The number of aryl methyl sites for hydroxylation is 2. The highest BCUT2D eigenvalue weighted by atomic mass is 16.7. The zero-order valence-electron chi connectivity index (χ0n) is 13.9. The summed E-state index contributed by atoms with van der Waals surface area (Å²) in [7, 11) is 0. The molecular weight excluding hydrogens is 304 g/mol. The van der Waals surface area contributed by atoms with Crippen molar-refractivity contribution < 1.29 is 19.1 Å². The van der Waals surface area contributed by atoms with Crippen LogP contribution in [0.2, 0.25) is 0 Å². The predicted octanol–water partition coefficient (Wildman–Crippen LogP) is 3.50. The summed E-state index contributed by atoms with van der Waals surface area (Å²) in [6, 6.07) is 15.2. The molecule has 24 heavy (non-hydrogen) atoms.